The highest BCUT2D eigenvalue weighted by molar-refractivity contribution is 6.00. The maximum atomic E-state index is 13.1. The Bertz CT molecular complexity index is 963. The van der Waals surface area contributed by atoms with Gasteiger partial charge < -0.3 is 29.9 Å². The molecule has 6 saturated heterocycles. The zero-order valence-electron chi connectivity index (χ0n) is 22.2. The lowest BCUT2D eigenvalue weighted by molar-refractivity contribution is -0.147. The molecule has 10 nitrogen and oxygen atoms in total. The Hall–Kier alpha value is -2.98. The number of piperidine rings is 6. The van der Waals surface area contributed by atoms with Gasteiger partial charge in [0.25, 0.3) is 11.8 Å². The molecule has 10 heteroatoms. The lowest BCUT2D eigenvalue weighted by atomic mass is 9.75. The van der Waals surface area contributed by atoms with Gasteiger partial charge in [-0.15, -0.1) is 0 Å². The van der Waals surface area contributed by atoms with E-state index < -0.39 is 24.0 Å². The van der Waals surface area contributed by atoms with Gasteiger partial charge in [-0.05, 0) is 88.0 Å². The first-order chi connectivity index (χ1) is 18.4. The second-order valence-electron chi connectivity index (χ2n) is 11.1. The number of hydrogen-bond acceptors (Lipinski definition) is 8. The maximum Gasteiger partial charge on any atom is 0.328 e. The number of esters is 2. The lowest BCUT2D eigenvalue weighted by Crippen LogP contribution is -2.58. The number of fused-ring (bicyclic) bond motifs is 6. The van der Waals surface area contributed by atoms with Crippen LogP contribution in [0.4, 0.5) is 0 Å². The maximum absolute atomic E-state index is 13.1. The molecule has 0 aromatic heterocycles. The molecule has 2 amide bonds. The molecule has 1 aromatic rings. The van der Waals surface area contributed by atoms with E-state index in [9.17, 15) is 19.2 Å². The smallest absolute Gasteiger partial charge is 0.328 e. The van der Waals surface area contributed by atoms with Gasteiger partial charge in [0.15, 0.2) is 0 Å². The summed E-state index contributed by atoms with van der Waals surface area (Å²) in [7, 11) is 2.68. The molecule has 7 rings (SSSR count). The van der Waals surface area contributed by atoms with Crippen LogP contribution >= 0.6 is 0 Å². The molecule has 2 unspecified atom stereocenters. The number of carbonyl (C=O) groups excluding carboxylic acids is 4. The van der Waals surface area contributed by atoms with Gasteiger partial charge in [0.1, 0.15) is 12.1 Å². The zero-order valence-corrected chi connectivity index (χ0v) is 22.2. The fourth-order valence-corrected chi connectivity index (χ4v) is 6.93. The minimum atomic E-state index is -0.717. The lowest BCUT2D eigenvalue weighted by Gasteiger charge is -2.47. The number of nitrogens with one attached hydrogen (secondary N) is 2. The van der Waals surface area contributed by atoms with Crippen molar-refractivity contribution in [3.05, 3.63) is 35.4 Å². The van der Waals surface area contributed by atoms with Gasteiger partial charge in [-0.2, -0.15) is 0 Å². The fraction of sp³-hybridized carbons (Fsp3) is 0.643. The standard InChI is InChI=1S/C28H38N4O6/c1-37-27(35)23(21-15-31-11-7-17(21)8-12-31)29-25(33)19-3-5-20(6-4-19)26(34)30-24(28(36)38-2)22-16-32-13-9-18(22)10-14-32/h3-6,17-18,21-24H,7-16H2,1-2H3,(H,29,33)(H,30,34)/t21-,22-,23?,24?/m0/s1. The van der Waals surface area contributed by atoms with Gasteiger partial charge in [0.05, 0.1) is 14.2 Å². The Balaban J connectivity index is 1.24. The summed E-state index contributed by atoms with van der Waals surface area (Å²) in [6.07, 6.45) is 4.07. The number of nitrogens with zero attached hydrogens (tertiary/aromatic N) is 2. The predicted molar refractivity (Wildman–Crippen MR) is 138 cm³/mol. The van der Waals surface area contributed by atoms with Gasteiger partial charge in [-0.25, -0.2) is 9.59 Å². The minimum absolute atomic E-state index is 0.0144. The molecular formula is C28H38N4O6. The summed E-state index contributed by atoms with van der Waals surface area (Å²) in [5.41, 5.74) is 0.692. The van der Waals surface area contributed by atoms with Crippen molar-refractivity contribution >= 4 is 23.8 Å². The Morgan fingerprint density at radius 2 is 1.03 bits per heavy atom. The second kappa shape index (κ2) is 11.4. The van der Waals surface area contributed by atoms with E-state index >= 15 is 0 Å². The van der Waals surface area contributed by atoms with Crippen LogP contribution in [0.2, 0.25) is 0 Å². The molecule has 2 N–H and O–H groups in total. The van der Waals surface area contributed by atoms with Crippen LogP contribution < -0.4 is 10.6 Å². The van der Waals surface area contributed by atoms with Gasteiger partial charge in [-0.1, -0.05) is 0 Å². The van der Waals surface area contributed by atoms with Crippen molar-refractivity contribution in [2.75, 3.05) is 53.5 Å². The fourth-order valence-electron chi connectivity index (χ4n) is 6.93. The molecule has 38 heavy (non-hydrogen) atoms. The molecule has 4 atom stereocenters. The summed E-state index contributed by atoms with van der Waals surface area (Å²) in [4.78, 5) is 56.1. The molecule has 6 fully saturated rings. The number of benzene rings is 1. The van der Waals surface area contributed by atoms with E-state index in [0.29, 0.717) is 23.0 Å². The van der Waals surface area contributed by atoms with E-state index in [1.807, 2.05) is 0 Å². The molecular weight excluding hydrogens is 488 g/mol. The number of methoxy groups -OCH3 is 2. The molecule has 6 heterocycles. The number of amides is 2. The van der Waals surface area contributed by atoms with Crippen LogP contribution in [-0.4, -0.2) is 99.1 Å². The van der Waals surface area contributed by atoms with E-state index in [2.05, 4.69) is 20.4 Å². The molecule has 0 aliphatic carbocycles. The van der Waals surface area contributed by atoms with E-state index in [0.717, 1.165) is 65.0 Å². The van der Waals surface area contributed by atoms with Crippen LogP contribution in [0.3, 0.4) is 0 Å². The van der Waals surface area contributed by atoms with Crippen LogP contribution in [0.25, 0.3) is 0 Å². The monoisotopic (exact) mass is 526 g/mol. The van der Waals surface area contributed by atoms with Crippen LogP contribution in [0, 0.1) is 23.7 Å². The molecule has 6 aliphatic rings. The normalized spacial score (nSPS) is 31.1. The van der Waals surface area contributed by atoms with Gasteiger partial charge in [0.2, 0.25) is 0 Å². The van der Waals surface area contributed by atoms with Crippen LogP contribution in [-0.2, 0) is 19.1 Å². The van der Waals surface area contributed by atoms with Crippen LogP contribution in [0.1, 0.15) is 46.4 Å². The van der Waals surface area contributed by atoms with E-state index in [1.54, 1.807) is 24.3 Å². The summed E-state index contributed by atoms with van der Waals surface area (Å²) >= 11 is 0. The Morgan fingerprint density at radius 1 is 0.684 bits per heavy atom. The third-order valence-electron chi connectivity index (χ3n) is 9.16. The summed E-state index contributed by atoms with van der Waals surface area (Å²) < 4.78 is 10.1. The topological polar surface area (TPSA) is 117 Å². The highest BCUT2D eigenvalue weighted by Crippen LogP contribution is 2.36. The average molecular weight is 527 g/mol. The van der Waals surface area contributed by atoms with Crippen molar-refractivity contribution in [1.82, 2.24) is 20.4 Å². The highest BCUT2D eigenvalue weighted by Gasteiger charge is 2.44. The summed E-state index contributed by atoms with van der Waals surface area (Å²) in [5, 5.41) is 5.79. The van der Waals surface area contributed by atoms with E-state index in [4.69, 9.17) is 9.47 Å². The summed E-state index contributed by atoms with van der Waals surface area (Å²) in [5.74, 6) is -0.846. The molecule has 4 bridgehead atoms. The first-order valence-electron chi connectivity index (χ1n) is 13.7. The van der Waals surface area contributed by atoms with Crippen LogP contribution in [0.5, 0.6) is 0 Å². The van der Waals surface area contributed by atoms with E-state index in [-0.39, 0.29) is 23.7 Å². The zero-order chi connectivity index (χ0) is 26.8. The molecule has 6 aliphatic heterocycles. The third-order valence-corrected chi connectivity index (χ3v) is 9.16. The number of ether oxygens (including phenoxy) is 2. The summed E-state index contributed by atoms with van der Waals surface area (Å²) in [6.45, 7) is 5.66. The first-order valence-corrected chi connectivity index (χ1v) is 13.7. The Kier molecular flexibility index (Phi) is 7.99. The van der Waals surface area contributed by atoms with Crippen molar-refractivity contribution < 1.29 is 28.7 Å². The SMILES string of the molecule is COC(=O)C(NC(=O)c1ccc(C(=O)NC(C(=O)OC)[C@H]2CN3CCC2CC3)cc1)[C@H]1CN2CCC1CC2. The van der Waals surface area contributed by atoms with E-state index in [1.165, 1.54) is 14.2 Å². The summed E-state index contributed by atoms with van der Waals surface area (Å²) in [6, 6.07) is 4.83. The quantitative estimate of drug-likeness (QED) is 0.480. The number of rotatable bonds is 8. The molecule has 0 saturated carbocycles. The second-order valence-corrected chi connectivity index (χ2v) is 11.1. The average Bonchev–Trinajstić information content (AvgIpc) is 2.98. The Labute approximate surface area is 223 Å². The van der Waals surface area contributed by atoms with Crippen molar-refractivity contribution in [3.8, 4) is 0 Å². The number of carbonyl (C=O) groups is 4. The highest BCUT2D eigenvalue weighted by atomic mass is 16.5. The third kappa shape index (κ3) is 5.42. The molecule has 0 radical (unpaired) electrons. The Morgan fingerprint density at radius 3 is 1.29 bits per heavy atom. The van der Waals surface area contributed by atoms with Gasteiger partial charge >= 0.3 is 11.9 Å². The molecule has 206 valence electrons. The van der Waals surface area contributed by atoms with Crippen molar-refractivity contribution in [1.29, 1.82) is 0 Å². The minimum Gasteiger partial charge on any atom is -0.467 e. The van der Waals surface area contributed by atoms with Gasteiger partial charge in [-0.3, -0.25) is 9.59 Å². The predicted octanol–water partition coefficient (Wildman–Crippen LogP) is 0.913. The van der Waals surface area contributed by atoms with Crippen molar-refractivity contribution in [2.24, 2.45) is 23.7 Å². The van der Waals surface area contributed by atoms with Crippen LogP contribution in [0.15, 0.2) is 24.3 Å². The first kappa shape index (κ1) is 26.6. The molecule has 0 spiro atoms. The van der Waals surface area contributed by atoms with Crippen molar-refractivity contribution in [2.45, 2.75) is 37.8 Å². The van der Waals surface area contributed by atoms with Crippen molar-refractivity contribution in [3.63, 3.8) is 0 Å². The molecule has 1 aromatic carbocycles. The van der Waals surface area contributed by atoms with Gasteiger partial charge in [0, 0.05) is 36.1 Å². The number of hydrogen-bond donors (Lipinski definition) is 2. The largest absolute Gasteiger partial charge is 0.467 e.